The van der Waals surface area contributed by atoms with Gasteiger partial charge in [0.15, 0.2) is 0 Å². The summed E-state index contributed by atoms with van der Waals surface area (Å²) in [5, 5.41) is 23.1. The van der Waals surface area contributed by atoms with Crippen molar-refractivity contribution < 1.29 is 15.0 Å². The molecule has 2 saturated carbocycles. The van der Waals surface area contributed by atoms with Crippen LogP contribution in [0.3, 0.4) is 0 Å². The number of rotatable bonds is 6. The molecule has 19 heavy (non-hydrogen) atoms. The van der Waals surface area contributed by atoms with Gasteiger partial charge in [0, 0.05) is 16.5 Å². The summed E-state index contributed by atoms with van der Waals surface area (Å²) in [5.74, 6) is -0.700. The third-order valence-electron chi connectivity index (χ3n) is 4.26. The number of aliphatic hydroxyl groups is 1. The number of carboxylic acid groups (broad SMARTS) is 1. The van der Waals surface area contributed by atoms with Gasteiger partial charge in [-0.05, 0) is 45.4 Å². The summed E-state index contributed by atoms with van der Waals surface area (Å²) in [7, 11) is 0. The molecule has 2 aliphatic rings. The largest absolute Gasteiger partial charge is 0.480 e. The van der Waals surface area contributed by atoms with Gasteiger partial charge in [-0.1, -0.05) is 6.92 Å². The lowest BCUT2D eigenvalue weighted by Crippen LogP contribution is -2.56. The molecule has 0 aromatic rings. The van der Waals surface area contributed by atoms with Crippen LogP contribution in [0.15, 0.2) is 0 Å². The average Bonchev–Trinajstić information content (AvgIpc) is 3.12. The fraction of sp³-hybridized carbons (Fsp3) is 0.929. The lowest BCUT2D eigenvalue weighted by Gasteiger charge is -2.39. The predicted molar refractivity (Wildman–Crippen MR) is 77.5 cm³/mol. The quantitative estimate of drug-likeness (QED) is 0.697. The molecule has 4 atom stereocenters. The lowest BCUT2D eigenvalue weighted by molar-refractivity contribution is -0.146. The van der Waals surface area contributed by atoms with Gasteiger partial charge in [0.2, 0.25) is 0 Å². The molecule has 2 rings (SSSR count). The highest BCUT2D eigenvalue weighted by Crippen LogP contribution is 2.39. The first-order valence-corrected chi connectivity index (χ1v) is 8.22. The number of aliphatic carboxylic acids is 1. The molecule has 0 bridgehead atoms. The predicted octanol–water partition coefficient (Wildman–Crippen LogP) is 2.01. The van der Waals surface area contributed by atoms with E-state index in [1.54, 1.807) is 18.7 Å². The van der Waals surface area contributed by atoms with Gasteiger partial charge in [0.25, 0.3) is 0 Å². The average molecular weight is 287 g/mol. The van der Waals surface area contributed by atoms with Gasteiger partial charge >= 0.3 is 5.97 Å². The van der Waals surface area contributed by atoms with Crippen molar-refractivity contribution in [3.63, 3.8) is 0 Å². The summed E-state index contributed by atoms with van der Waals surface area (Å²) in [6.07, 6.45) is 5.30. The Balaban J connectivity index is 1.98. The Kier molecular flexibility index (Phi) is 4.79. The number of hydrogen-bond donors (Lipinski definition) is 3. The second-order valence-corrected chi connectivity index (χ2v) is 7.79. The maximum Gasteiger partial charge on any atom is 0.323 e. The summed E-state index contributed by atoms with van der Waals surface area (Å²) in [6.45, 7) is 3.81. The van der Waals surface area contributed by atoms with Crippen molar-refractivity contribution in [3.05, 3.63) is 0 Å². The topological polar surface area (TPSA) is 69.6 Å². The van der Waals surface area contributed by atoms with E-state index in [0.717, 1.165) is 32.1 Å². The third kappa shape index (κ3) is 3.86. The molecule has 0 aromatic heterocycles. The van der Waals surface area contributed by atoms with Crippen LogP contribution in [-0.4, -0.2) is 44.4 Å². The molecule has 3 N–H and O–H groups in total. The van der Waals surface area contributed by atoms with Crippen molar-refractivity contribution in [1.82, 2.24) is 5.32 Å². The Morgan fingerprint density at radius 2 is 2.05 bits per heavy atom. The first-order valence-electron chi connectivity index (χ1n) is 7.27. The van der Waals surface area contributed by atoms with Crippen molar-refractivity contribution in [3.8, 4) is 0 Å². The Hall–Kier alpha value is -0.260. The van der Waals surface area contributed by atoms with E-state index in [1.807, 2.05) is 6.92 Å². The van der Waals surface area contributed by atoms with Crippen molar-refractivity contribution in [2.24, 2.45) is 0 Å². The van der Waals surface area contributed by atoms with Crippen LogP contribution in [0.5, 0.6) is 0 Å². The highest BCUT2D eigenvalue weighted by atomic mass is 32.2. The first-order chi connectivity index (χ1) is 8.93. The minimum absolute atomic E-state index is 0.163. The van der Waals surface area contributed by atoms with Crippen molar-refractivity contribution in [2.75, 3.05) is 0 Å². The van der Waals surface area contributed by atoms with Gasteiger partial charge in [-0.25, -0.2) is 0 Å². The number of nitrogens with one attached hydrogen (secondary N) is 1. The van der Waals surface area contributed by atoms with Crippen LogP contribution in [0.25, 0.3) is 0 Å². The van der Waals surface area contributed by atoms with Crippen LogP contribution in [0.2, 0.25) is 0 Å². The van der Waals surface area contributed by atoms with Crippen LogP contribution >= 0.6 is 11.8 Å². The van der Waals surface area contributed by atoms with Gasteiger partial charge < -0.3 is 10.2 Å². The fourth-order valence-corrected chi connectivity index (χ4v) is 4.28. The van der Waals surface area contributed by atoms with E-state index >= 15 is 0 Å². The standard InChI is InChI=1S/C14H25NO3S/c1-9(16)10(2)19-12-4-3-7-14(8-12,13(17)18)15-11-5-6-11/h9-12,15-16H,3-8H2,1-2H3,(H,17,18). The van der Waals surface area contributed by atoms with Gasteiger partial charge in [0.05, 0.1) is 6.10 Å². The Bertz CT molecular complexity index is 333. The van der Waals surface area contributed by atoms with E-state index < -0.39 is 11.5 Å². The first kappa shape index (κ1) is 15.1. The number of carboxylic acids is 1. The highest BCUT2D eigenvalue weighted by molar-refractivity contribution is 8.00. The van der Waals surface area contributed by atoms with E-state index in [4.69, 9.17) is 0 Å². The summed E-state index contributed by atoms with van der Waals surface area (Å²) in [6, 6.07) is 0.411. The normalized spacial score (nSPS) is 34.8. The summed E-state index contributed by atoms with van der Waals surface area (Å²) >= 11 is 1.74. The molecule has 0 heterocycles. The fourth-order valence-electron chi connectivity index (χ4n) is 2.76. The molecule has 0 amide bonds. The van der Waals surface area contributed by atoms with Crippen molar-refractivity contribution >= 4 is 17.7 Å². The Morgan fingerprint density at radius 1 is 1.37 bits per heavy atom. The number of hydrogen-bond acceptors (Lipinski definition) is 4. The summed E-state index contributed by atoms with van der Waals surface area (Å²) < 4.78 is 0. The smallest absolute Gasteiger partial charge is 0.323 e. The second kappa shape index (κ2) is 6.02. The van der Waals surface area contributed by atoms with Crippen molar-refractivity contribution in [2.45, 2.75) is 80.6 Å². The van der Waals surface area contributed by atoms with E-state index in [9.17, 15) is 15.0 Å². The van der Waals surface area contributed by atoms with Crippen molar-refractivity contribution in [1.29, 1.82) is 0 Å². The molecule has 4 unspecified atom stereocenters. The van der Waals surface area contributed by atoms with E-state index in [-0.39, 0.29) is 11.4 Å². The Labute approximate surface area is 119 Å². The maximum absolute atomic E-state index is 11.7. The SMILES string of the molecule is CC(O)C(C)SC1CCCC(NC2CC2)(C(=O)O)C1. The number of thioether (sulfide) groups is 1. The summed E-state index contributed by atoms with van der Waals surface area (Å²) in [4.78, 5) is 11.7. The van der Waals surface area contributed by atoms with Crippen LogP contribution in [0, 0.1) is 0 Å². The van der Waals surface area contributed by atoms with E-state index in [1.165, 1.54) is 0 Å². The lowest BCUT2D eigenvalue weighted by atomic mass is 9.81. The zero-order valence-corrected chi connectivity index (χ0v) is 12.6. The molecule has 0 aromatic carbocycles. The van der Waals surface area contributed by atoms with Gasteiger partial charge in [0.1, 0.15) is 5.54 Å². The minimum Gasteiger partial charge on any atom is -0.480 e. The molecule has 0 spiro atoms. The summed E-state index contributed by atoms with van der Waals surface area (Å²) in [5.41, 5.74) is -0.727. The minimum atomic E-state index is -0.727. The van der Waals surface area contributed by atoms with Crippen LogP contribution in [0.4, 0.5) is 0 Å². The third-order valence-corrected chi connectivity index (χ3v) is 5.87. The monoisotopic (exact) mass is 287 g/mol. The maximum atomic E-state index is 11.7. The van der Waals surface area contributed by atoms with Gasteiger partial charge in [-0.3, -0.25) is 10.1 Å². The number of carbonyl (C=O) groups is 1. The van der Waals surface area contributed by atoms with E-state index in [0.29, 0.717) is 17.7 Å². The molecular formula is C14H25NO3S. The van der Waals surface area contributed by atoms with Crippen LogP contribution < -0.4 is 5.32 Å². The zero-order valence-electron chi connectivity index (χ0n) is 11.8. The molecule has 0 aliphatic heterocycles. The number of aliphatic hydroxyl groups excluding tert-OH is 1. The molecule has 4 nitrogen and oxygen atoms in total. The Morgan fingerprint density at radius 3 is 2.58 bits per heavy atom. The molecule has 2 aliphatic carbocycles. The van der Waals surface area contributed by atoms with Gasteiger partial charge in [-0.2, -0.15) is 11.8 Å². The highest BCUT2D eigenvalue weighted by Gasteiger charge is 2.46. The molecule has 110 valence electrons. The molecule has 5 heteroatoms. The van der Waals surface area contributed by atoms with Crippen LogP contribution in [-0.2, 0) is 4.79 Å². The molecule has 0 radical (unpaired) electrons. The van der Waals surface area contributed by atoms with E-state index in [2.05, 4.69) is 5.32 Å². The second-order valence-electron chi connectivity index (χ2n) is 6.11. The molecule has 0 saturated heterocycles. The molecule has 2 fully saturated rings. The van der Waals surface area contributed by atoms with Crippen LogP contribution in [0.1, 0.15) is 52.4 Å². The van der Waals surface area contributed by atoms with Gasteiger partial charge in [-0.15, -0.1) is 0 Å². The molecular weight excluding hydrogens is 262 g/mol. The zero-order chi connectivity index (χ0) is 14.0.